The van der Waals surface area contributed by atoms with Crippen LogP contribution in [0.15, 0.2) is 21.5 Å². The first-order valence-electron chi connectivity index (χ1n) is 3.07. The Hall–Kier alpha value is 0.0500. The molecule has 0 saturated carbocycles. The second-order valence-electron chi connectivity index (χ2n) is 2.39. The Kier molecular flexibility index (Phi) is 2.42. The maximum Gasteiger partial charge on any atom is 0.0234 e. The van der Waals surface area contributed by atoms with Crippen LogP contribution in [0, 0.1) is 13.8 Å². The van der Waals surface area contributed by atoms with Crippen molar-refractivity contribution < 1.29 is 0 Å². The first-order valence-corrected chi connectivity index (χ1v) is 4.31. The zero-order valence-corrected chi connectivity index (χ0v) is 8.46. The highest BCUT2D eigenvalue weighted by Gasteiger charge is 1.98. The summed E-state index contributed by atoms with van der Waals surface area (Å²) in [7, 11) is 0. The van der Waals surface area contributed by atoms with E-state index >= 15 is 0 Å². The van der Waals surface area contributed by atoms with Crippen molar-refractivity contribution in [3.05, 3.63) is 27.7 Å². The molecule has 0 bridgehead atoms. The topological polar surface area (TPSA) is 0 Å². The summed E-state index contributed by atoms with van der Waals surface area (Å²) >= 11 is 7.73. The summed E-state index contributed by atoms with van der Waals surface area (Å²) in [4.78, 5) is 1.03. The zero-order chi connectivity index (χ0) is 7.72. The van der Waals surface area contributed by atoms with Crippen molar-refractivity contribution in [1.82, 2.24) is 0 Å². The maximum atomic E-state index is 4.25. The SMILES string of the molecule is Cc1cc(S)cc(C)c1Br. The second kappa shape index (κ2) is 2.97. The van der Waals surface area contributed by atoms with Crippen molar-refractivity contribution in [2.75, 3.05) is 0 Å². The third-order valence-corrected chi connectivity index (χ3v) is 2.93. The number of rotatable bonds is 0. The molecule has 0 heterocycles. The minimum atomic E-state index is 1.03. The van der Waals surface area contributed by atoms with Crippen molar-refractivity contribution in [2.24, 2.45) is 0 Å². The van der Waals surface area contributed by atoms with E-state index in [1.807, 2.05) is 12.1 Å². The molecule has 0 radical (unpaired) electrons. The van der Waals surface area contributed by atoms with Crippen LogP contribution in [0.25, 0.3) is 0 Å². The van der Waals surface area contributed by atoms with Crippen molar-refractivity contribution >= 4 is 28.6 Å². The minimum absolute atomic E-state index is 1.03. The van der Waals surface area contributed by atoms with Gasteiger partial charge in [-0.15, -0.1) is 12.6 Å². The highest BCUT2D eigenvalue weighted by Crippen LogP contribution is 2.23. The minimum Gasteiger partial charge on any atom is -0.143 e. The van der Waals surface area contributed by atoms with Gasteiger partial charge in [-0.2, -0.15) is 0 Å². The zero-order valence-electron chi connectivity index (χ0n) is 5.98. The molecule has 0 nitrogen and oxygen atoms in total. The molecule has 0 aliphatic carbocycles. The van der Waals surface area contributed by atoms with E-state index in [0.717, 1.165) is 4.90 Å². The Labute approximate surface area is 75.2 Å². The number of halogens is 1. The average molecular weight is 217 g/mol. The molecule has 0 fully saturated rings. The third-order valence-electron chi connectivity index (χ3n) is 1.42. The Bertz CT molecular complexity index is 232. The Morgan fingerprint density at radius 2 is 1.60 bits per heavy atom. The molecule has 0 saturated heterocycles. The molecule has 0 aromatic heterocycles. The molecule has 10 heavy (non-hydrogen) atoms. The quantitative estimate of drug-likeness (QED) is 0.633. The molecule has 0 atom stereocenters. The molecule has 2 heteroatoms. The summed E-state index contributed by atoms with van der Waals surface area (Å²) in [5, 5.41) is 0. The summed E-state index contributed by atoms with van der Waals surface area (Å²) in [5.41, 5.74) is 2.48. The van der Waals surface area contributed by atoms with E-state index < -0.39 is 0 Å². The van der Waals surface area contributed by atoms with Gasteiger partial charge in [-0.3, -0.25) is 0 Å². The molecular formula is C8H9BrS. The summed E-state index contributed by atoms with van der Waals surface area (Å²) in [6, 6.07) is 4.08. The van der Waals surface area contributed by atoms with Gasteiger partial charge in [0.05, 0.1) is 0 Å². The highest BCUT2D eigenvalue weighted by molar-refractivity contribution is 9.10. The monoisotopic (exact) mass is 216 g/mol. The first-order chi connectivity index (χ1) is 4.61. The lowest BCUT2D eigenvalue weighted by atomic mass is 10.2. The molecule has 0 N–H and O–H groups in total. The summed E-state index contributed by atoms with van der Waals surface area (Å²) < 4.78 is 1.19. The maximum absolute atomic E-state index is 4.25. The Morgan fingerprint density at radius 1 is 1.20 bits per heavy atom. The van der Waals surface area contributed by atoms with Gasteiger partial charge in [0, 0.05) is 9.37 Å². The van der Waals surface area contributed by atoms with Crippen LogP contribution < -0.4 is 0 Å². The smallest absolute Gasteiger partial charge is 0.0234 e. The molecule has 1 rings (SSSR count). The number of aryl methyl sites for hydroxylation is 2. The summed E-state index contributed by atoms with van der Waals surface area (Å²) in [5.74, 6) is 0. The molecular weight excluding hydrogens is 208 g/mol. The molecule has 0 amide bonds. The molecule has 54 valence electrons. The van der Waals surface area contributed by atoms with Crippen LogP contribution in [0.1, 0.15) is 11.1 Å². The van der Waals surface area contributed by atoms with Crippen LogP contribution in [0.2, 0.25) is 0 Å². The van der Waals surface area contributed by atoms with E-state index in [1.54, 1.807) is 0 Å². The van der Waals surface area contributed by atoms with Gasteiger partial charge in [-0.25, -0.2) is 0 Å². The van der Waals surface area contributed by atoms with Crippen molar-refractivity contribution in [3.8, 4) is 0 Å². The molecule has 0 aliphatic rings. The lowest BCUT2D eigenvalue weighted by molar-refractivity contribution is 1.27. The second-order valence-corrected chi connectivity index (χ2v) is 3.70. The van der Waals surface area contributed by atoms with Crippen LogP contribution in [-0.4, -0.2) is 0 Å². The van der Waals surface area contributed by atoms with Gasteiger partial charge in [0.25, 0.3) is 0 Å². The Balaban J connectivity index is 3.31. The van der Waals surface area contributed by atoms with E-state index in [0.29, 0.717) is 0 Å². The summed E-state index contributed by atoms with van der Waals surface area (Å²) in [6.07, 6.45) is 0. The van der Waals surface area contributed by atoms with Crippen LogP contribution in [0.4, 0.5) is 0 Å². The Morgan fingerprint density at radius 3 is 2.00 bits per heavy atom. The molecule has 1 aromatic rings. The van der Waals surface area contributed by atoms with Gasteiger partial charge in [-0.05, 0) is 37.1 Å². The fourth-order valence-electron chi connectivity index (χ4n) is 0.923. The average Bonchev–Trinajstić information content (AvgIpc) is 1.82. The van der Waals surface area contributed by atoms with Gasteiger partial charge >= 0.3 is 0 Å². The van der Waals surface area contributed by atoms with E-state index in [9.17, 15) is 0 Å². The van der Waals surface area contributed by atoms with Gasteiger partial charge < -0.3 is 0 Å². The fraction of sp³-hybridized carbons (Fsp3) is 0.250. The number of benzene rings is 1. The molecule has 0 aliphatic heterocycles. The number of hydrogen-bond acceptors (Lipinski definition) is 1. The first kappa shape index (κ1) is 8.15. The van der Waals surface area contributed by atoms with E-state index in [2.05, 4.69) is 42.4 Å². The van der Waals surface area contributed by atoms with Crippen molar-refractivity contribution in [2.45, 2.75) is 18.7 Å². The van der Waals surface area contributed by atoms with Crippen molar-refractivity contribution in [3.63, 3.8) is 0 Å². The largest absolute Gasteiger partial charge is 0.143 e. The fourth-order valence-corrected chi connectivity index (χ4v) is 1.54. The van der Waals surface area contributed by atoms with Crippen LogP contribution >= 0.6 is 28.6 Å². The predicted molar refractivity (Wildman–Crippen MR) is 50.9 cm³/mol. The van der Waals surface area contributed by atoms with Gasteiger partial charge in [0.2, 0.25) is 0 Å². The van der Waals surface area contributed by atoms with Gasteiger partial charge in [-0.1, -0.05) is 15.9 Å². The van der Waals surface area contributed by atoms with Crippen LogP contribution in [0.3, 0.4) is 0 Å². The highest BCUT2D eigenvalue weighted by atomic mass is 79.9. The van der Waals surface area contributed by atoms with E-state index in [1.165, 1.54) is 15.6 Å². The van der Waals surface area contributed by atoms with Gasteiger partial charge in [0.15, 0.2) is 0 Å². The van der Waals surface area contributed by atoms with E-state index in [-0.39, 0.29) is 0 Å². The third kappa shape index (κ3) is 1.55. The number of hydrogen-bond donors (Lipinski definition) is 1. The molecule has 0 spiro atoms. The van der Waals surface area contributed by atoms with Crippen LogP contribution in [-0.2, 0) is 0 Å². The normalized spacial score (nSPS) is 10.0. The lowest BCUT2D eigenvalue weighted by Crippen LogP contribution is -1.80. The number of thiol groups is 1. The molecule has 1 aromatic carbocycles. The molecule has 0 unspecified atom stereocenters. The lowest BCUT2D eigenvalue weighted by Gasteiger charge is -2.02. The van der Waals surface area contributed by atoms with E-state index in [4.69, 9.17) is 0 Å². The van der Waals surface area contributed by atoms with Crippen molar-refractivity contribution in [1.29, 1.82) is 0 Å². The van der Waals surface area contributed by atoms with Crippen LogP contribution in [0.5, 0.6) is 0 Å². The summed E-state index contributed by atoms with van der Waals surface area (Å²) in [6.45, 7) is 4.13. The standard InChI is InChI=1S/C8H9BrS/c1-5-3-7(10)4-6(2)8(5)9/h3-4,10H,1-2H3. The van der Waals surface area contributed by atoms with Gasteiger partial charge in [0.1, 0.15) is 0 Å². The predicted octanol–water partition coefficient (Wildman–Crippen LogP) is 3.35.